The molecule has 0 radical (unpaired) electrons. The molecule has 2 rings (SSSR count). The van der Waals surface area contributed by atoms with Gasteiger partial charge in [0.15, 0.2) is 0 Å². The third-order valence-electron chi connectivity index (χ3n) is 3.17. The van der Waals surface area contributed by atoms with Crippen molar-refractivity contribution >= 4 is 0 Å². The molecule has 0 bridgehead atoms. The zero-order chi connectivity index (χ0) is 10.7. The molecule has 0 saturated heterocycles. The highest BCUT2D eigenvalue weighted by atomic mass is 15.2. The SMILES string of the molecule is CC(CC#N)N1CCc2ccccc2C1. The van der Waals surface area contributed by atoms with E-state index in [1.165, 1.54) is 11.1 Å². The third-order valence-corrected chi connectivity index (χ3v) is 3.17. The molecule has 0 aliphatic carbocycles. The van der Waals surface area contributed by atoms with E-state index < -0.39 is 0 Å². The van der Waals surface area contributed by atoms with Crippen LogP contribution < -0.4 is 0 Å². The van der Waals surface area contributed by atoms with Crippen molar-refractivity contribution in [2.45, 2.75) is 32.4 Å². The molecule has 0 spiro atoms. The van der Waals surface area contributed by atoms with Gasteiger partial charge in [-0.2, -0.15) is 5.26 Å². The van der Waals surface area contributed by atoms with Crippen LogP contribution in [0.5, 0.6) is 0 Å². The van der Waals surface area contributed by atoms with E-state index in [1.54, 1.807) is 0 Å². The summed E-state index contributed by atoms with van der Waals surface area (Å²) < 4.78 is 0. The Morgan fingerprint density at radius 2 is 2.13 bits per heavy atom. The molecule has 2 nitrogen and oxygen atoms in total. The summed E-state index contributed by atoms with van der Waals surface area (Å²) in [4.78, 5) is 2.39. The zero-order valence-corrected chi connectivity index (χ0v) is 9.11. The van der Waals surface area contributed by atoms with Gasteiger partial charge in [0, 0.05) is 19.1 Å². The second-order valence-corrected chi connectivity index (χ2v) is 4.20. The molecule has 1 aromatic rings. The fourth-order valence-corrected chi connectivity index (χ4v) is 2.15. The van der Waals surface area contributed by atoms with Crippen molar-refractivity contribution in [1.82, 2.24) is 4.90 Å². The van der Waals surface area contributed by atoms with Crippen molar-refractivity contribution in [3.8, 4) is 6.07 Å². The molecular weight excluding hydrogens is 184 g/mol. The normalized spacial score (nSPS) is 17.9. The molecule has 1 heterocycles. The number of nitrogens with zero attached hydrogens (tertiary/aromatic N) is 2. The van der Waals surface area contributed by atoms with Crippen molar-refractivity contribution in [1.29, 1.82) is 5.26 Å². The zero-order valence-electron chi connectivity index (χ0n) is 9.11. The maximum Gasteiger partial charge on any atom is 0.0638 e. The Hall–Kier alpha value is -1.33. The first kappa shape index (κ1) is 10.2. The van der Waals surface area contributed by atoms with Crippen molar-refractivity contribution in [3.05, 3.63) is 35.4 Å². The van der Waals surface area contributed by atoms with Gasteiger partial charge in [-0.3, -0.25) is 4.90 Å². The van der Waals surface area contributed by atoms with E-state index in [4.69, 9.17) is 5.26 Å². The molecule has 2 heteroatoms. The lowest BCUT2D eigenvalue weighted by atomic mass is 9.98. The minimum atomic E-state index is 0.378. The molecule has 15 heavy (non-hydrogen) atoms. The van der Waals surface area contributed by atoms with Gasteiger partial charge < -0.3 is 0 Å². The van der Waals surface area contributed by atoms with Gasteiger partial charge in [-0.1, -0.05) is 24.3 Å². The predicted molar refractivity (Wildman–Crippen MR) is 60.2 cm³/mol. The topological polar surface area (TPSA) is 27.0 Å². The molecular formula is C13H16N2. The first-order valence-corrected chi connectivity index (χ1v) is 5.49. The summed E-state index contributed by atoms with van der Waals surface area (Å²) in [6.07, 6.45) is 1.74. The van der Waals surface area contributed by atoms with Crippen LogP contribution in [0.25, 0.3) is 0 Å². The lowest BCUT2D eigenvalue weighted by Crippen LogP contribution is -2.37. The maximum atomic E-state index is 8.69. The van der Waals surface area contributed by atoms with E-state index in [1.807, 2.05) is 0 Å². The van der Waals surface area contributed by atoms with Gasteiger partial charge in [-0.25, -0.2) is 0 Å². The Morgan fingerprint density at radius 3 is 2.87 bits per heavy atom. The highest BCUT2D eigenvalue weighted by Crippen LogP contribution is 2.20. The smallest absolute Gasteiger partial charge is 0.0638 e. The number of benzene rings is 1. The molecule has 1 atom stereocenters. The minimum Gasteiger partial charge on any atom is -0.295 e. The maximum absolute atomic E-state index is 8.69. The minimum absolute atomic E-state index is 0.378. The van der Waals surface area contributed by atoms with Gasteiger partial charge in [0.25, 0.3) is 0 Å². The molecule has 0 amide bonds. The largest absolute Gasteiger partial charge is 0.295 e. The first-order valence-electron chi connectivity index (χ1n) is 5.49. The van der Waals surface area contributed by atoms with Crippen molar-refractivity contribution in [3.63, 3.8) is 0 Å². The Morgan fingerprint density at radius 1 is 1.40 bits per heavy atom. The average Bonchev–Trinajstić information content (AvgIpc) is 2.29. The van der Waals surface area contributed by atoms with E-state index >= 15 is 0 Å². The van der Waals surface area contributed by atoms with Crippen LogP contribution in [0.15, 0.2) is 24.3 Å². The second-order valence-electron chi connectivity index (χ2n) is 4.20. The summed E-state index contributed by atoms with van der Waals surface area (Å²) in [6, 6.07) is 11.2. The van der Waals surface area contributed by atoms with Crippen LogP contribution in [0.1, 0.15) is 24.5 Å². The summed E-state index contributed by atoms with van der Waals surface area (Å²) in [5.41, 5.74) is 2.89. The van der Waals surface area contributed by atoms with Crippen LogP contribution in [0.2, 0.25) is 0 Å². The lowest BCUT2D eigenvalue weighted by molar-refractivity contribution is 0.193. The molecule has 1 aliphatic rings. The Balaban J connectivity index is 2.09. The lowest BCUT2D eigenvalue weighted by Gasteiger charge is -2.32. The monoisotopic (exact) mass is 200 g/mol. The predicted octanol–water partition coefficient (Wildman–Crippen LogP) is 2.35. The van der Waals surface area contributed by atoms with Crippen LogP contribution in [-0.2, 0) is 13.0 Å². The van der Waals surface area contributed by atoms with Crippen molar-refractivity contribution in [2.75, 3.05) is 6.54 Å². The molecule has 0 N–H and O–H groups in total. The summed E-state index contributed by atoms with van der Waals surface area (Å²) in [6.45, 7) is 4.22. The number of nitriles is 1. The van der Waals surface area contributed by atoms with Gasteiger partial charge >= 0.3 is 0 Å². The van der Waals surface area contributed by atoms with Crippen molar-refractivity contribution in [2.24, 2.45) is 0 Å². The van der Waals surface area contributed by atoms with E-state index in [-0.39, 0.29) is 0 Å². The summed E-state index contributed by atoms with van der Waals surface area (Å²) in [5, 5.41) is 8.69. The number of rotatable bonds is 2. The third kappa shape index (κ3) is 2.19. The molecule has 1 aromatic carbocycles. The summed E-state index contributed by atoms with van der Waals surface area (Å²) in [7, 11) is 0. The Kier molecular flexibility index (Phi) is 3.03. The van der Waals surface area contributed by atoms with Crippen LogP contribution in [-0.4, -0.2) is 17.5 Å². The van der Waals surface area contributed by atoms with Crippen molar-refractivity contribution < 1.29 is 0 Å². The molecule has 1 aliphatic heterocycles. The van der Waals surface area contributed by atoms with Crippen LogP contribution in [0.4, 0.5) is 0 Å². The van der Waals surface area contributed by atoms with E-state index in [2.05, 4.69) is 42.2 Å². The quantitative estimate of drug-likeness (QED) is 0.732. The Labute approximate surface area is 91.1 Å². The number of hydrogen-bond donors (Lipinski definition) is 0. The Bertz CT molecular complexity index is 378. The highest BCUT2D eigenvalue weighted by Gasteiger charge is 2.19. The second kappa shape index (κ2) is 4.46. The standard InChI is InChI=1S/C13H16N2/c1-11(6-8-14)15-9-7-12-4-2-3-5-13(12)10-15/h2-5,11H,6-7,9-10H2,1H3. The van der Waals surface area contributed by atoms with Gasteiger partial charge in [0.05, 0.1) is 12.5 Å². The van der Waals surface area contributed by atoms with Crippen LogP contribution in [0.3, 0.4) is 0 Å². The van der Waals surface area contributed by atoms with E-state index in [9.17, 15) is 0 Å². The highest BCUT2D eigenvalue weighted by molar-refractivity contribution is 5.29. The molecule has 1 unspecified atom stereocenters. The van der Waals surface area contributed by atoms with Crippen LogP contribution >= 0.6 is 0 Å². The number of hydrogen-bond acceptors (Lipinski definition) is 2. The van der Waals surface area contributed by atoms with E-state index in [0.717, 1.165) is 19.5 Å². The molecule has 78 valence electrons. The number of fused-ring (bicyclic) bond motifs is 1. The average molecular weight is 200 g/mol. The first-order chi connectivity index (χ1) is 7.31. The summed E-state index contributed by atoms with van der Waals surface area (Å²) in [5.74, 6) is 0. The molecule has 0 fully saturated rings. The molecule has 0 aromatic heterocycles. The van der Waals surface area contributed by atoms with Gasteiger partial charge in [-0.05, 0) is 24.5 Å². The summed E-state index contributed by atoms with van der Waals surface area (Å²) >= 11 is 0. The van der Waals surface area contributed by atoms with Gasteiger partial charge in [0.2, 0.25) is 0 Å². The van der Waals surface area contributed by atoms with Crippen LogP contribution in [0, 0.1) is 11.3 Å². The fraction of sp³-hybridized carbons (Fsp3) is 0.462. The van der Waals surface area contributed by atoms with E-state index in [0.29, 0.717) is 12.5 Å². The van der Waals surface area contributed by atoms with Gasteiger partial charge in [0.1, 0.15) is 0 Å². The van der Waals surface area contributed by atoms with Gasteiger partial charge in [-0.15, -0.1) is 0 Å². The fourth-order valence-electron chi connectivity index (χ4n) is 2.15. The molecule has 0 saturated carbocycles.